The zero-order valence-electron chi connectivity index (χ0n) is 22.3. The Hall–Kier alpha value is -3.39. The number of halogens is 3. The zero-order chi connectivity index (χ0) is 28.4. The molecule has 0 unspecified atom stereocenters. The van der Waals surface area contributed by atoms with Gasteiger partial charge in [0.1, 0.15) is 0 Å². The van der Waals surface area contributed by atoms with Crippen molar-refractivity contribution >= 4 is 42.5 Å². The van der Waals surface area contributed by atoms with E-state index in [-0.39, 0.29) is 17.2 Å². The molecule has 12 heteroatoms. The van der Waals surface area contributed by atoms with Gasteiger partial charge in [0.15, 0.2) is 0 Å². The fourth-order valence-corrected chi connectivity index (χ4v) is 7.11. The molecule has 212 valence electrons. The first-order chi connectivity index (χ1) is 19.2. The van der Waals surface area contributed by atoms with Crippen LogP contribution in [0.3, 0.4) is 0 Å². The standard InChI is InChI=1S/C28H30F3N5O3Se/c1-35-19-7-9-20(22(35)10-8-19)34-25-23-16-17(26(40-28(29,30)31)36(23)14-13-33-25)5-4-12-32-21-15-18(27(37)39-3)6-11-24(21)38-2/h6,11,13-16,19-20,22,32H,7-10,12H2,1-3H3,(H,33,34)/t19-,20-,22-/m1/s1. The Morgan fingerprint density at radius 1 is 1.20 bits per heavy atom. The number of aromatic nitrogens is 2. The van der Waals surface area contributed by atoms with Gasteiger partial charge in [-0.3, -0.25) is 0 Å². The van der Waals surface area contributed by atoms with E-state index in [1.54, 1.807) is 34.9 Å². The maximum atomic E-state index is 13.6. The molecular weight excluding hydrogens is 590 g/mol. The van der Waals surface area contributed by atoms with Crippen molar-refractivity contribution in [3.8, 4) is 17.6 Å². The number of hydrogen-bond acceptors (Lipinski definition) is 7. The van der Waals surface area contributed by atoms with E-state index >= 15 is 0 Å². The average Bonchev–Trinajstić information content (AvgIpc) is 3.38. The van der Waals surface area contributed by atoms with Gasteiger partial charge in [0.2, 0.25) is 0 Å². The van der Waals surface area contributed by atoms with Gasteiger partial charge in [-0.05, 0) is 0 Å². The number of ether oxygens (including phenoxy) is 2. The van der Waals surface area contributed by atoms with E-state index in [0.29, 0.717) is 46.0 Å². The van der Waals surface area contributed by atoms with Crippen LogP contribution in [0.4, 0.5) is 24.7 Å². The Kier molecular flexibility index (Phi) is 8.17. The second kappa shape index (κ2) is 11.6. The van der Waals surface area contributed by atoms with Crippen molar-refractivity contribution < 1.29 is 27.4 Å². The second-order valence-electron chi connectivity index (χ2n) is 9.80. The van der Waals surface area contributed by atoms with Crippen molar-refractivity contribution in [1.29, 1.82) is 0 Å². The van der Waals surface area contributed by atoms with Crippen LogP contribution in [0.5, 0.6) is 5.75 Å². The quantitative estimate of drug-likeness (QED) is 0.238. The van der Waals surface area contributed by atoms with E-state index in [1.165, 1.54) is 26.8 Å². The van der Waals surface area contributed by atoms with Crippen molar-refractivity contribution in [3.63, 3.8) is 0 Å². The van der Waals surface area contributed by atoms with Gasteiger partial charge in [0.25, 0.3) is 0 Å². The van der Waals surface area contributed by atoms with E-state index in [2.05, 4.69) is 39.4 Å². The van der Waals surface area contributed by atoms with Gasteiger partial charge in [-0.25, -0.2) is 0 Å². The Balaban J connectivity index is 1.41. The predicted molar refractivity (Wildman–Crippen MR) is 148 cm³/mol. The molecule has 1 aromatic carbocycles. The van der Waals surface area contributed by atoms with Gasteiger partial charge >= 0.3 is 237 Å². The van der Waals surface area contributed by atoms with Crippen LogP contribution in [0, 0.1) is 11.8 Å². The number of fused-ring (bicyclic) bond motifs is 3. The number of benzene rings is 1. The summed E-state index contributed by atoms with van der Waals surface area (Å²) < 4.78 is 52.7. The molecule has 3 atom stereocenters. The molecular formula is C28H30F3N5O3Se. The predicted octanol–water partition coefficient (Wildman–Crippen LogP) is 3.48. The van der Waals surface area contributed by atoms with Crippen molar-refractivity contribution in [2.24, 2.45) is 0 Å². The van der Waals surface area contributed by atoms with Crippen LogP contribution in [0.2, 0.25) is 0 Å². The second-order valence-corrected chi connectivity index (χ2v) is 12.0. The molecule has 2 saturated heterocycles. The van der Waals surface area contributed by atoms with Crippen LogP contribution in [0.15, 0.2) is 36.7 Å². The summed E-state index contributed by atoms with van der Waals surface area (Å²) >= 11 is -1.81. The number of hydrogen-bond donors (Lipinski definition) is 2. The van der Waals surface area contributed by atoms with Crippen LogP contribution < -0.4 is 20.0 Å². The molecule has 40 heavy (non-hydrogen) atoms. The first-order valence-electron chi connectivity index (χ1n) is 12.9. The van der Waals surface area contributed by atoms with Crippen LogP contribution >= 0.6 is 0 Å². The number of likely N-dealkylation sites (N-methyl/N-ethyl adjacent to an activating group) is 1. The number of piperidine rings is 1. The third-order valence-electron chi connectivity index (χ3n) is 7.57. The normalized spacial score (nSPS) is 20.6. The number of nitrogens with one attached hydrogen (secondary N) is 2. The summed E-state index contributed by atoms with van der Waals surface area (Å²) in [6, 6.07) is 7.65. The van der Waals surface area contributed by atoms with Crippen LogP contribution in [0.1, 0.15) is 41.6 Å². The fraction of sp³-hybridized carbons (Fsp3) is 0.429. The van der Waals surface area contributed by atoms with E-state index < -0.39 is 26.0 Å². The summed E-state index contributed by atoms with van der Waals surface area (Å²) in [5.74, 6) is 6.43. The number of nitrogens with zero attached hydrogens (tertiary/aromatic N) is 3. The third kappa shape index (κ3) is 5.87. The summed E-state index contributed by atoms with van der Waals surface area (Å²) in [5.41, 5.74) is 1.74. The molecule has 0 radical (unpaired) electrons. The molecule has 5 rings (SSSR count). The van der Waals surface area contributed by atoms with E-state index in [9.17, 15) is 18.0 Å². The van der Waals surface area contributed by atoms with Crippen LogP contribution in [-0.4, -0.2) is 86.2 Å². The molecule has 2 aromatic heterocycles. The molecule has 8 nitrogen and oxygen atoms in total. The molecule has 2 bridgehead atoms. The molecule has 4 heterocycles. The maximum absolute atomic E-state index is 13.6. The summed E-state index contributed by atoms with van der Waals surface area (Å²) in [5, 5.41) is 2.28. The van der Waals surface area contributed by atoms with E-state index in [4.69, 9.17) is 9.47 Å². The molecule has 2 N–H and O–H groups in total. The van der Waals surface area contributed by atoms with E-state index in [1.807, 2.05) is 0 Å². The van der Waals surface area contributed by atoms with Crippen molar-refractivity contribution in [2.75, 3.05) is 38.4 Å². The number of carbonyl (C=O) groups excluding carboxylic acids is 1. The number of carbonyl (C=O) groups is 1. The number of rotatable bonds is 7. The molecule has 0 aliphatic carbocycles. The molecule has 0 amide bonds. The Morgan fingerprint density at radius 3 is 2.75 bits per heavy atom. The monoisotopic (exact) mass is 621 g/mol. The fourth-order valence-electron chi connectivity index (χ4n) is 5.65. The average molecular weight is 621 g/mol. The van der Waals surface area contributed by atoms with Gasteiger partial charge in [-0.15, -0.1) is 0 Å². The Bertz CT molecular complexity index is 1470. The van der Waals surface area contributed by atoms with Gasteiger partial charge < -0.3 is 0 Å². The van der Waals surface area contributed by atoms with Gasteiger partial charge in [0, 0.05) is 0 Å². The van der Waals surface area contributed by atoms with Crippen molar-refractivity contribution in [2.45, 2.75) is 48.9 Å². The summed E-state index contributed by atoms with van der Waals surface area (Å²) in [6.07, 6.45) is 7.47. The molecule has 2 aliphatic heterocycles. The molecule has 0 spiro atoms. The van der Waals surface area contributed by atoms with Crippen LogP contribution in [-0.2, 0) is 4.74 Å². The molecule has 2 aliphatic rings. The molecule has 2 fully saturated rings. The molecule has 0 saturated carbocycles. The van der Waals surface area contributed by atoms with Gasteiger partial charge in [0.05, 0.1) is 0 Å². The minimum atomic E-state index is -4.35. The topological polar surface area (TPSA) is 80.1 Å². The van der Waals surface area contributed by atoms with Crippen LogP contribution in [0.25, 0.3) is 5.52 Å². The number of alkyl halides is 3. The third-order valence-corrected chi connectivity index (χ3v) is 9.33. The summed E-state index contributed by atoms with van der Waals surface area (Å²) in [6.45, 7) is 0.117. The first kappa shape index (κ1) is 28.1. The first-order valence-corrected chi connectivity index (χ1v) is 14.6. The van der Waals surface area contributed by atoms with Gasteiger partial charge in [-0.2, -0.15) is 0 Å². The van der Waals surface area contributed by atoms with Crippen molar-refractivity contribution in [1.82, 2.24) is 14.3 Å². The van der Waals surface area contributed by atoms with E-state index in [0.717, 1.165) is 19.3 Å². The number of esters is 1. The minimum absolute atomic E-state index is 0.117. The van der Waals surface area contributed by atoms with Gasteiger partial charge in [-0.1, -0.05) is 0 Å². The van der Waals surface area contributed by atoms with Crippen molar-refractivity contribution in [3.05, 3.63) is 47.8 Å². The zero-order valence-corrected chi connectivity index (χ0v) is 24.1. The summed E-state index contributed by atoms with van der Waals surface area (Å²) in [4.78, 5) is 18.8. The Morgan fingerprint density at radius 2 is 2.00 bits per heavy atom. The number of methoxy groups -OCH3 is 2. The number of anilines is 2. The Labute approximate surface area is 236 Å². The summed E-state index contributed by atoms with van der Waals surface area (Å²) in [7, 11) is 4.94. The SMILES string of the molecule is COC(=O)c1ccc(OC)c(NCC#Cc2cc3c(N[C@@H]4CC[C@@H]5CC[C@H]4N5C)nccn3c2[Se]C(F)(F)F)c1. The molecule has 3 aromatic rings.